The lowest BCUT2D eigenvalue weighted by Gasteiger charge is -2.19. The van der Waals surface area contributed by atoms with E-state index in [-0.39, 0.29) is 11.8 Å². The number of benzene rings is 2. The van der Waals surface area contributed by atoms with Gasteiger partial charge >= 0.3 is 0 Å². The summed E-state index contributed by atoms with van der Waals surface area (Å²) in [5, 5.41) is 6.56. The zero-order valence-corrected chi connectivity index (χ0v) is 19.1. The van der Waals surface area contributed by atoms with Crippen LogP contribution in [0.25, 0.3) is 5.69 Å². The van der Waals surface area contributed by atoms with Gasteiger partial charge in [-0.05, 0) is 68.5 Å². The summed E-state index contributed by atoms with van der Waals surface area (Å²) < 4.78 is 1.96. The van der Waals surface area contributed by atoms with Crippen molar-refractivity contribution in [3.63, 3.8) is 0 Å². The number of imidazole rings is 1. The Morgan fingerprint density at radius 3 is 2.53 bits per heavy atom. The Kier molecular flexibility index (Phi) is 6.80. The molecule has 1 aromatic heterocycles. The van der Waals surface area contributed by atoms with E-state index < -0.39 is 6.04 Å². The number of carbonyl (C=O) groups excluding carboxylic acids is 2. The predicted molar refractivity (Wildman–Crippen MR) is 129 cm³/mol. The summed E-state index contributed by atoms with van der Waals surface area (Å²) in [6, 6.07) is 14.4. The molecule has 166 valence electrons. The monoisotopic (exact) mass is 449 g/mol. The Hall–Kier alpha value is -3.26. The zero-order valence-electron chi connectivity index (χ0n) is 18.2. The van der Waals surface area contributed by atoms with Gasteiger partial charge in [0.2, 0.25) is 5.91 Å². The zero-order chi connectivity index (χ0) is 22.5. The second-order valence-corrected chi connectivity index (χ2v) is 8.53. The van der Waals surface area contributed by atoms with Crippen molar-refractivity contribution >= 4 is 35.0 Å². The van der Waals surface area contributed by atoms with E-state index in [0.717, 1.165) is 35.3 Å². The Labute approximate surface area is 192 Å². The molecule has 32 heavy (non-hydrogen) atoms. The van der Waals surface area contributed by atoms with Gasteiger partial charge in [-0.1, -0.05) is 17.8 Å². The van der Waals surface area contributed by atoms with Gasteiger partial charge in [-0.15, -0.1) is 0 Å². The molecule has 1 atom stereocenters. The van der Waals surface area contributed by atoms with Crippen LogP contribution in [0.1, 0.15) is 30.1 Å². The third-order valence-electron chi connectivity index (χ3n) is 5.52. The van der Waals surface area contributed by atoms with Gasteiger partial charge in [-0.3, -0.25) is 14.2 Å². The maximum absolute atomic E-state index is 12.6. The highest BCUT2D eigenvalue weighted by Crippen LogP contribution is 2.23. The number of rotatable bonds is 7. The summed E-state index contributed by atoms with van der Waals surface area (Å²) in [6.07, 6.45) is 7.98. The normalized spacial score (nSPS) is 14.2. The number of carbonyl (C=O) groups is 2. The van der Waals surface area contributed by atoms with E-state index in [1.54, 1.807) is 37.0 Å². The highest BCUT2D eigenvalue weighted by Gasteiger charge is 2.18. The number of aromatic nitrogens is 2. The first kappa shape index (κ1) is 22.0. The van der Waals surface area contributed by atoms with Crippen molar-refractivity contribution in [2.45, 2.75) is 31.0 Å². The number of hydrogen-bond acceptors (Lipinski definition) is 5. The molecule has 0 bridgehead atoms. The van der Waals surface area contributed by atoms with E-state index in [1.165, 1.54) is 12.8 Å². The van der Waals surface area contributed by atoms with Gasteiger partial charge in [-0.2, -0.15) is 0 Å². The first-order valence-electron chi connectivity index (χ1n) is 10.7. The lowest BCUT2D eigenvalue weighted by molar-refractivity contribution is -0.117. The molecule has 0 aliphatic carbocycles. The highest BCUT2D eigenvalue weighted by molar-refractivity contribution is 7.98. The molecule has 2 N–H and O–H groups in total. The van der Waals surface area contributed by atoms with E-state index in [2.05, 4.69) is 26.6 Å². The summed E-state index contributed by atoms with van der Waals surface area (Å²) in [5.41, 5.74) is 3.26. The molecule has 1 aliphatic rings. The third-order valence-corrected chi connectivity index (χ3v) is 6.19. The molecule has 0 spiro atoms. The fourth-order valence-corrected chi connectivity index (χ4v) is 4.29. The van der Waals surface area contributed by atoms with Crippen LogP contribution in [0, 0.1) is 0 Å². The van der Waals surface area contributed by atoms with Gasteiger partial charge < -0.3 is 15.5 Å². The van der Waals surface area contributed by atoms with Crippen molar-refractivity contribution < 1.29 is 9.59 Å². The van der Waals surface area contributed by atoms with Crippen molar-refractivity contribution in [1.82, 2.24) is 14.9 Å². The number of thioether (sulfide) groups is 1. The van der Waals surface area contributed by atoms with Crippen LogP contribution in [0.5, 0.6) is 0 Å². The van der Waals surface area contributed by atoms with Crippen molar-refractivity contribution in [2.75, 3.05) is 29.6 Å². The first-order chi connectivity index (χ1) is 15.5. The molecule has 1 aliphatic heterocycles. The number of nitrogens with zero attached hydrogens (tertiary/aromatic N) is 3. The summed E-state index contributed by atoms with van der Waals surface area (Å²) >= 11 is 1.55. The summed E-state index contributed by atoms with van der Waals surface area (Å²) in [4.78, 5) is 31.9. The molecular weight excluding hydrogens is 422 g/mol. The van der Waals surface area contributed by atoms with Gasteiger partial charge in [0, 0.05) is 48.1 Å². The number of nitrogens with one attached hydrogen (secondary N) is 2. The molecule has 1 unspecified atom stereocenters. The minimum Gasteiger partial charge on any atom is -0.371 e. The molecule has 7 nitrogen and oxygen atoms in total. The molecule has 0 radical (unpaired) electrons. The van der Waals surface area contributed by atoms with Crippen LogP contribution < -0.4 is 15.5 Å². The standard InChI is InChI=1S/C24H27N5O2S/c1-17(22(30)27-19-6-5-7-21(16-19)28-13-3-4-14-28)26-23(31)18-8-10-20(11-9-18)29-15-12-25-24(29)32-2/h5-12,15-17H,3-4,13-14H2,1-2H3,(H,26,31)(H,27,30). The minimum atomic E-state index is -0.672. The third kappa shape index (κ3) is 4.96. The van der Waals surface area contributed by atoms with Crippen LogP contribution in [-0.2, 0) is 4.79 Å². The lowest BCUT2D eigenvalue weighted by atomic mass is 10.1. The average molecular weight is 450 g/mol. The van der Waals surface area contributed by atoms with E-state index >= 15 is 0 Å². The number of hydrogen-bond donors (Lipinski definition) is 2. The van der Waals surface area contributed by atoms with Gasteiger partial charge in [0.05, 0.1) is 0 Å². The van der Waals surface area contributed by atoms with Crippen molar-refractivity contribution in [1.29, 1.82) is 0 Å². The topological polar surface area (TPSA) is 79.3 Å². The van der Waals surface area contributed by atoms with Crippen molar-refractivity contribution in [2.24, 2.45) is 0 Å². The van der Waals surface area contributed by atoms with Gasteiger partial charge in [0.1, 0.15) is 6.04 Å². The summed E-state index contributed by atoms with van der Waals surface area (Å²) in [7, 11) is 0. The van der Waals surface area contributed by atoms with E-state index in [1.807, 2.05) is 47.4 Å². The van der Waals surface area contributed by atoms with Crippen molar-refractivity contribution in [3.05, 3.63) is 66.5 Å². The van der Waals surface area contributed by atoms with Crippen LogP contribution in [0.15, 0.2) is 66.1 Å². The maximum Gasteiger partial charge on any atom is 0.251 e. The molecule has 2 amide bonds. The summed E-state index contributed by atoms with van der Waals surface area (Å²) in [5.74, 6) is -0.544. The van der Waals surface area contributed by atoms with Crippen LogP contribution >= 0.6 is 11.8 Å². The Bertz CT molecular complexity index is 1090. The van der Waals surface area contributed by atoms with Crippen LogP contribution in [0.3, 0.4) is 0 Å². The first-order valence-corrected chi connectivity index (χ1v) is 11.9. The maximum atomic E-state index is 12.6. The van der Waals surface area contributed by atoms with E-state index in [0.29, 0.717) is 5.56 Å². The lowest BCUT2D eigenvalue weighted by Crippen LogP contribution is -2.41. The molecule has 1 saturated heterocycles. The fraction of sp³-hybridized carbons (Fsp3) is 0.292. The smallest absolute Gasteiger partial charge is 0.251 e. The molecular formula is C24H27N5O2S. The summed E-state index contributed by atoms with van der Waals surface area (Å²) in [6.45, 7) is 3.77. The van der Waals surface area contributed by atoms with Crippen LogP contribution in [0.4, 0.5) is 11.4 Å². The molecule has 8 heteroatoms. The molecule has 4 rings (SSSR count). The Morgan fingerprint density at radius 2 is 1.81 bits per heavy atom. The van der Waals surface area contributed by atoms with Gasteiger partial charge in [0.25, 0.3) is 5.91 Å². The average Bonchev–Trinajstić information content (AvgIpc) is 3.51. The van der Waals surface area contributed by atoms with Crippen LogP contribution in [0.2, 0.25) is 0 Å². The van der Waals surface area contributed by atoms with Crippen molar-refractivity contribution in [3.8, 4) is 5.69 Å². The number of anilines is 2. The van der Waals surface area contributed by atoms with E-state index in [9.17, 15) is 9.59 Å². The molecule has 2 heterocycles. The Balaban J connectivity index is 1.36. The highest BCUT2D eigenvalue weighted by atomic mass is 32.2. The van der Waals surface area contributed by atoms with Crippen LogP contribution in [-0.4, -0.2) is 46.8 Å². The fourth-order valence-electron chi connectivity index (χ4n) is 3.76. The second kappa shape index (κ2) is 9.91. The quantitative estimate of drug-likeness (QED) is 0.534. The molecule has 1 fully saturated rings. The Morgan fingerprint density at radius 1 is 1.06 bits per heavy atom. The van der Waals surface area contributed by atoms with Gasteiger partial charge in [0.15, 0.2) is 5.16 Å². The molecule has 0 saturated carbocycles. The molecule has 3 aromatic rings. The SMILES string of the molecule is CSc1nccn1-c1ccc(C(=O)NC(C)C(=O)Nc2cccc(N3CCCC3)c2)cc1. The largest absolute Gasteiger partial charge is 0.371 e. The van der Waals surface area contributed by atoms with E-state index in [4.69, 9.17) is 0 Å². The van der Waals surface area contributed by atoms with Gasteiger partial charge in [-0.25, -0.2) is 4.98 Å². The second-order valence-electron chi connectivity index (χ2n) is 7.76. The number of amides is 2. The minimum absolute atomic E-state index is 0.253. The predicted octanol–water partition coefficient (Wildman–Crippen LogP) is 3.95. The molecule has 2 aromatic carbocycles.